The van der Waals surface area contributed by atoms with Crippen molar-refractivity contribution in [3.63, 3.8) is 0 Å². The van der Waals surface area contributed by atoms with Gasteiger partial charge in [-0.25, -0.2) is 4.98 Å². The molecule has 2 aromatic rings. The predicted molar refractivity (Wildman–Crippen MR) is 103 cm³/mol. The third-order valence-corrected chi connectivity index (χ3v) is 4.27. The molecule has 1 aromatic carbocycles. The van der Waals surface area contributed by atoms with E-state index in [0.717, 1.165) is 23.0 Å². The van der Waals surface area contributed by atoms with Crippen molar-refractivity contribution in [1.29, 1.82) is 0 Å². The average molecular weight is 413 g/mol. The summed E-state index contributed by atoms with van der Waals surface area (Å²) in [5.41, 5.74) is 0.724. The van der Waals surface area contributed by atoms with Gasteiger partial charge >= 0.3 is 0 Å². The second-order valence-electron chi connectivity index (χ2n) is 4.62. The number of benzene rings is 1. The van der Waals surface area contributed by atoms with E-state index >= 15 is 0 Å². The third-order valence-electron chi connectivity index (χ3n) is 2.88. The summed E-state index contributed by atoms with van der Waals surface area (Å²) in [5.74, 6) is 0.625. The molecule has 2 rings (SSSR count). The van der Waals surface area contributed by atoms with Gasteiger partial charge in [-0.05, 0) is 38.2 Å². The van der Waals surface area contributed by atoms with Gasteiger partial charge in [0, 0.05) is 18.1 Å². The summed E-state index contributed by atoms with van der Waals surface area (Å²) in [7, 11) is 1.84. The molecule has 0 saturated carbocycles. The Hall–Kier alpha value is -1.05. The van der Waals surface area contributed by atoms with E-state index in [1.54, 1.807) is 24.3 Å². The monoisotopic (exact) mass is 411 g/mol. The van der Waals surface area contributed by atoms with Crippen LogP contribution in [-0.2, 0) is 6.61 Å². The SMILES string of the molecule is CNCCNC(=O)c1sc(COc2ccc(Cl)cc2)nc1C.Cl.Cl. The summed E-state index contributed by atoms with van der Waals surface area (Å²) in [4.78, 5) is 17.1. The summed E-state index contributed by atoms with van der Waals surface area (Å²) in [6.45, 7) is 3.48. The molecule has 0 unspecified atom stereocenters. The Morgan fingerprint density at radius 2 is 1.92 bits per heavy atom. The highest BCUT2D eigenvalue weighted by atomic mass is 35.5. The molecule has 2 N–H and O–H groups in total. The van der Waals surface area contributed by atoms with E-state index < -0.39 is 0 Å². The largest absolute Gasteiger partial charge is 0.486 e. The Morgan fingerprint density at radius 1 is 1.25 bits per heavy atom. The molecule has 0 spiro atoms. The number of aromatic nitrogens is 1. The van der Waals surface area contributed by atoms with E-state index in [-0.39, 0.29) is 30.7 Å². The minimum absolute atomic E-state index is 0. The summed E-state index contributed by atoms with van der Waals surface area (Å²) in [6.07, 6.45) is 0. The minimum atomic E-state index is -0.0945. The lowest BCUT2D eigenvalue weighted by Crippen LogP contribution is -2.30. The van der Waals surface area contributed by atoms with E-state index in [4.69, 9.17) is 16.3 Å². The molecule has 1 heterocycles. The van der Waals surface area contributed by atoms with Crippen molar-refractivity contribution in [2.45, 2.75) is 13.5 Å². The molecule has 5 nitrogen and oxygen atoms in total. The molecule has 0 aliphatic carbocycles. The lowest BCUT2D eigenvalue weighted by atomic mass is 10.3. The summed E-state index contributed by atoms with van der Waals surface area (Å²) < 4.78 is 5.64. The fraction of sp³-hybridized carbons (Fsp3) is 0.333. The number of ether oxygens (including phenoxy) is 1. The lowest BCUT2D eigenvalue weighted by molar-refractivity contribution is 0.0957. The fourth-order valence-electron chi connectivity index (χ4n) is 1.78. The molecular formula is C15H20Cl3N3O2S. The van der Waals surface area contributed by atoms with Gasteiger partial charge in [0.25, 0.3) is 5.91 Å². The van der Waals surface area contributed by atoms with Gasteiger partial charge < -0.3 is 15.4 Å². The van der Waals surface area contributed by atoms with Gasteiger partial charge in [0.1, 0.15) is 22.2 Å². The maximum atomic E-state index is 12.0. The zero-order chi connectivity index (χ0) is 15.9. The van der Waals surface area contributed by atoms with Crippen molar-refractivity contribution >= 4 is 53.7 Å². The second kappa shape index (κ2) is 11.5. The molecule has 1 aromatic heterocycles. The van der Waals surface area contributed by atoms with Crippen LogP contribution in [0.4, 0.5) is 0 Å². The minimum Gasteiger partial charge on any atom is -0.486 e. The van der Waals surface area contributed by atoms with E-state index in [1.807, 2.05) is 14.0 Å². The smallest absolute Gasteiger partial charge is 0.263 e. The molecule has 0 saturated heterocycles. The fourth-order valence-corrected chi connectivity index (χ4v) is 2.80. The normalized spacial score (nSPS) is 9.62. The number of amides is 1. The molecule has 0 bridgehead atoms. The molecule has 0 atom stereocenters. The second-order valence-corrected chi connectivity index (χ2v) is 6.14. The van der Waals surface area contributed by atoms with E-state index in [0.29, 0.717) is 23.1 Å². The van der Waals surface area contributed by atoms with Gasteiger partial charge in [-0.1, -0.05) is 11.6 Å². The number of halogens is 3. The number of likely N-dealkylation sites (N-methyl/N-ethyl adjacent to an activating group) is 1. The number of hydrogen-bond donors (Lipinski definition) is 2. The first-order valence-electron chi connectivity index (χ1n) is 6.87. The quantitative estimate of drug-likeness (QED) is 0.683. The van der Waals surface area contributed by atoms with Gasteiger partial charge in [0.05, 0.1) is 5.69 Å². The van der Waals surface area contributed by atoms with E-state index in [9.17, 15) is 4.79 Å². The molecule has 0 fully saturated rings. The van der Waals surface area contributed by atoms with Crippen LogP contribution in [0, 0.1) is 6.92 Å². The predicted octanol–water partition coefficient (Wildman–Crippen LogP) is 3.48. The van der Waals surface area contributed by atoms with Gasteiger partial charge in [0.15, 0.2) is 0 Å². The van der Waals surface area contributed by atoms with Crippen molar-refractivity contribution in [2.75, 3.05) is 20.1 Å². The first kappa shape index (κ1) is 22.9. The maximum Gasteiger partial charge on any atom is 0.263 e. The van der Waals surface area contributed by atoms with Crippen molar-refractivity contribution in [1.82, 2.24) is 15.6 Å². The Labute approximate surface area is 163 Å². The zero-order valence-electron chi connectivity index (χ0n) is 13.3. The van der Waals surface area contributed by atoms with Crippen molar-refractivity contribution in [2.24, 2.45) is 0 Å². The number of carbonyl (C=O) groups excluding carboxylic acids is 1. The number of hydrogen-bond acceptors (Lipinski definition) is 5. The van der Waals surface area contributed by atoms with Gasteiger partial charge in [0.2, 0.25) is 0 Å². The highest BCUT2D eigenvalue weighted by Gasteiger charge is 2.15. The molecule has 0 aliphatic rings. The van der Waals surface area contributed by atoms with Gasteiger partial charge in [-0.3, -0.25) is 4.79 Å². The van der Waals surface area contributed by atoms with Crippen LogP contribution in [0.15, 0.2) is 24.3 Å². The zero-order valence-corrected chi connectivity index (χ0v) is 16.5. The average Bonchev–Trinajstić information content (AvgIpc) is 2.88. The van der Waals surface area contributed by atoms with Crippen LogP contribution in [0.1, 0.15) is 20.4 Å². The van der Waals surface area contributed by atoms with Gasteiger partial charge in [-0.2, -0.15) is 0 Å². The number of nitrogens with zero attached hydrogens (tertiary/aromatic N) is 1. The van der Waals surface area contributed by atoms with Crippen molar-refractivity contribution in [3.8, 4) is 5.75 Å². The lowest BCUT2D eigenvalue weighted by Gasteiger charge is -2.03. The van der Waals surface area contributed by atoms with Crippen LogP contribution >= 0.6 is 47.8 Å². The summed E-state index contributed by atoms with van der Waals surface area (Å²) in [6, 6.07) is 7.14. The molecular weight excluding hydrogens is 393 g/mol. The Morgan fingerprint density at radius 3 is 2.54 bits per heavy atom. The van der Waals surface area contributed by atoms with Crippen LogP contribution in [0.2, 0.25) is 5.02 Å². The molecule has 0 aliphatic heterocycles. The maximum absolute atomic E-state index is 12.0. The Kier molecular flexibility index (Phi) is 11.0. The van der Waals surface area contributed by atoms with E-state index in [2.05, 4.69) is 15.6 Å². The first-order valence-corrected chi connectivity index (χ1v) is 8.07. The highest BCUT2D eigenvalue weighted by molar-refractivity contribution is 7.13. The number of rotatable bonds is 7. The van der Waals surface area contributed by atoms with Crippen molar-refractivity contribution < 1.29 is 9.53 Å². The molecule has 9 heteroatoms. The van der Waals surface area contributed by atoms with Crippen LogP contribution in [0.25, 0.3) is 0 Å². The highest BCUT2D eigenvalue weighted by Crippen LogP contribution is 2.21. The van der Waals surface area contributed by atoms with Crippen molar-refractivity contribution in [3.05, 3.63) is 44.9 Å². The van der Waals surface area contributed by atoms with Crippen LogP contribution < -0.4 is 15.4 Å². The third kappa shape index (κ3) is 6.83. The molecule has 0 radical (unpaired) electrons. The Balaban J connectivity index is 0.00000264. The number of nitrogens with one attached hydrogen (secondary N) is 2. The van der Waals surface area contributed by atoms with Crippen LogP contribution in [-0.4, -0.2) is 31.0 Å². The molecule has 24 heavy (non-hydrogen) atoms. The summed E-state index contributed by atoms with van der Waals surface area (Å²) >= 11 is 7.18. The standard InChI is InChI=1S/C15H18ClN3O2S.2ClH/c1-10-14(15(20)18-8-7-17-2)22-13(19-10)9-21-12-5-3-11(16)4-6-12;;/h3-6,17H,7-9H2,1-2H3,(H,18,20);2*1H. The first-order chi connectivity index (χ1) is 10.6. The number of aryl methyl sites for hydroxylation is 1. The van der Waals surface area contributed by atoms with E-state index in [1.165, 1.54) is 11.3 Å². The van der Waals surface area contributed by atoms with Crippen LogP contribution in [0.5, 0.6) is 5.75 Å². The number of carbonyl (C=O) groups is 1. The molecule has 1 amide bonds. The number of thiazole rings is 1. The molecule has 134 valence electrons. The summed E-state index contributed by atoms with van der Waals surface area (Å²) in [5, 5.41) is 7.26. The topological polar surface area (TPSA) is 63.2 Å². The Bertz CT molecular complexity index is 635. The van der Waals surface area contributed by atoms with Gasteiger partial charge in [-0.15, -0.1) is 36.2 Å². The van der Waals surface area contributed by atoms with Crippen LogP contribution in [0.3, 0.4) is 0 Å².